The number of esters is 2. The molecule has 0 saturated carbocycles. The van der Waals surface area contributed by atoms with Crippen LogP contribution in [0.25, 0.3) is 0 Å². The summed E-state index contributed by atoms with van der Waals surface area (Å²) in [5, 5.41) is 0. The Balaban J connectivity index is 4.02. The second kappa shape index (κ2) is 38.1. The van der Waals surface area contributed by atoms with Crippen LogP contribution >= 0.6 is 0 Å². The molecule has 0 spiro atoms. The van der Waals surface area contributed by atoms with Crippen LogP contribution in [0.5, 0.6) is 0 Å². The maximum Gasteiger partial charge on any atom is 0.306 e. The molecule has 0 bridgehead atoms. The monoisotopic (exact) mass is 695 g/mol. The van der Waals surface area contributed by atoms with Gasteiger partial charge in [-0.15, -0.1) is 0 Å². The van der Waals surface area contributed by atoms with E-state index < -0.39 is 0 Å². The van der Waals surface area contributed by atoms with E-state index in [1.165, 1.54) is 128 Å². The number of rotatable bonds is 39. The zero-order valence-electron chi connectivity index (χ0n) is 33.6. The molecule has 0 saturated heterocycles. The van der Waals surface area contributed by atoms with Gasteiger partial charge in [-0.1, -0.05) is 143 Å². The van der Waals surface area contributed by atoms with E-state index in [0.717, 1.165) is 83.5 Å². The molecule has 0 radical (unpaired) electrons. The summed E-state index contributed by atoms with van der Waals surface area (Å²) in [7, 11) is 0. The summed E-state index contributed by atoms with van der Waals surface area (Å²) in [5.74, 6) is 0.731. The summed E-state index contributed by atoms with van der Waals surface area (Å²) < 4.78 is 11.5. The van der Waals surface area contributed by atoms with Gasteiger partial charge in [-0.05, 0) is 96.3 Å². The third-order valence-electron chi connectivity index (χ3n) is 10.2. The Bertz CT molecular complexity index is 683. The first-order valence-corrected chi connectivity index (χ1v) is 21.8. The maximum atomic E-state index is 12.5. The van der Waals surface area contributed by atoms with Crippen molar-refractivity contribution < 1.29 is 19.1 Å². The number of hydrogen-bond acceptors (Lipinski definition) is 6. The maximum absolute atomic E-state index is 12.5. The summed E-state index contributed by atoms with van der Waals surface area (Å²) >= 11 is 0. The Morgan fingerprint density at radius 3 is 1.41 bits per heavy atom. The normalized spacial score (nSPS) is 11.7. The number of ether oxygens (including phenoxy) is 2. The predicted octanol–water partition coefficient (Wildman–Crippen LogP) is 12.1. The molecular formula is C43H86N2O4. The van der Waals surface area contributed by atoms with E-state index in [2.05, 4.69) is 32.6 Å². The first-order valence-electron chi connectivity index (χ1n) is 21.8. The van der Waals surface area contributed by atoms with Gasteiger partial charge in [0.2, 0.25) is 0 Å². The Morgan fingerprint density at radius 1 is 0.490 bits per heavy atom. The van der Waals surface area contributed by atoms with Crippen LogP contribution in [0.3, 0.4) is 0 Å². The molecule has 0 unspecified atom stereocenters. The summed E-state index contributed by atoms with van der Waals surface area (Å²) in [6.07, 6.45) is 34.4. The van der Waals surface area contributed by atoms with Gasteiger partial charge in [0.05, 0.1) is 6.61 Å². The lowest BCUT2D eigenvalue weighted by Gasteiger charge is -2.22. The van der Waals surface area contributed by atoms with Crippen LogP contribution in [0.1, 0.15) is 220 Å². The van der Waals surface area contributed by atoms with Crippen molar-refractivity contribution in [3.05, 3.63) is 0 Å². The van der Waals surface area contributed by atoms with Gasteiger partial charge in [-0.25, -0.2) is 0 Å². The molecule has 0 amide bonds. The van der Waals surface area contributed by atoms with Crippen LogP contribution in [0.15, 0.2) is 0 Å². The number of hydrogen-bond donors (Lipinski definition) is 1. The highest BCUT2D eigenvalue weighted by atomic mass is 16.5. The van der Waals surface area contributed by atoms with Crippen molar-refractivity contribution in [2.24, 2.45) is 11.7 Å². The third kappa shape index (κ3) is 33.7. The van der Waals surface area contributed by atoms with Crippen LogP contribution in [0.4, 0.5) is 0 Å². The molecule has 2 N–H and O–H groups in total. The molecule has 0 atom stereocenters. The van der Waals surface area contributed by atoms with Crippen molar-refractivity contribution in [2.45, 2.75) is 226 Å². The van der Waals surface area contributed by atoms with Crippen molar-refractivity contribution in [1.82, 2.24) is 4.90 Å². The molecule has 0 aromatic rings. The van der Waals surface area contributed by atoms with Gasteiger partial charge in [-0.3, -0.25) is 9.59 Å². The molecule has 6 nitrogen and oxygen atoms in total. The molecule has 0 heterocycles. The van der Waals surface area contributed by atoms with Crippen LogP contribution < -0.4 is 5.73 Å². The summed E-state index contributed by atoms with van der Waals surface area (Å²) in [6.45, 7) is 13.7. The molecule has 0 aliphatic heterocycles. The zero-order valence-corrected chi connectivity index (χ0v) is 33.6. The Hall–Kier alpha value is -1.14. The van der Waals surface area contributed by atoms with E-state index in [0.29, 0.717) is 19.4 Å². The number of carbonyl (C=O) groups excluding carboxylic acids is 2. The van der Waals surface area contributed by atoms with Crippen LogP contribution in [0, 0.1) is 5.92 Å². The second-order valence-electron chi connectivity index (χ2n) is 15.0. The quantitative estimate of drug-likeness (QED) is 0.0509. The predicted molar refractivity (Wildman–Crippen MR) is 211 cm³/mol. The lowest BCUT2D eigenvalue weighted by molar-refractivity contribution is -0.150. The highest BCUT2D eigenvalue weighted by Crippen LogP contribution is 2.21. The van der Waals surface area contributed by atoms with E-state index >= 15 is 0 Å². The average molecular weight is 695 g/mol. The van der Waals surface area contributed by atoms with Gasteiger partial charge in [0.25, 0.3) is 0 Å². The van der Waals surface area contributed by atoms with E-state index in [1.807, 2.05) is 0 Å². The van der Waals surface area contributed by atoms with Crippen molar-refractivity contribution in [3.63, 3.8) is 0 Å². The molecule has 0 aromatic heterocycles. The Labute approximate surface area is 306 Å². The second-order valence-corrected chi connectivity index (χ2v) is 15.0. The van der Waals surface area contributed by atoms with Crippen molar-refractivity contribution >= 4 is 11.9 Å². The van der Waals surface area contributed by atoms with Gasteiger partial charge in [0.15, 0.2) is 0 Å². The zero-order chi connectivity index (χ0) is 36.0. The van der Waals surface area contributed by atoms with Gasteiger partial charge >= 0.3 is 11.9 Å². The first-order chi connectivity index (χ1) is 24.0. The Kier molecular flexibility index (Phi) is 37.2. The minimum atomic E-state index is -0.00184. The smallest absolute Gasteiger partial charge is 0.306 e. The van der Waals surface area contributed by atoms with Crippen molar-refractivity contribution in [3.8, 4) is 0 Å². The molecule has 0 aromatic carbocycles. The van der Waals surface area contributed by atoms with E-state index in [1.54, 1.807) is 0 Å². The minimum Gasteiger partial charge on any atom is -0.466 e. The van der Waals surface area contributed by atoms with Crippen molar-refractivity contribution in [1.29, 1.82) is 0 Å². The first kappa shape index (κ1) is 47.9. The van der Waals surface area contributed by atoms with E-state index in [9.17, 15) is 9.59 Å². The van der Waals surface area contributed by atoms with Gasteiger partial charge in [0.1, 0.15) is 6.10 Å². The molecule has 0 aliphatic carbocycles. The van der Waals surface area contributed by atoms with Crippen LogP contribution in [-0.2, 0) is 19.1 Å². The molecule has 0 fully saturated rings. The highest BCUT2D eigenvalue weighted by Gasteiger charge is 2.14. The topological polar surface area (TPSA) is 81.9 Å². The summed E-state index contributed by atoms with van der Waals surface area (Å²) in [4.78, 5) is 27.4. The van der Waals surface area contributed by atoms with Gasteiger partial charge in [0, 0.05) is 12.8 Å². The third-order valence-corrected chi connectivity index (χ3v) is 10.2. The van der Waals surface area contributed by atoms with Crippen molar-refractivity contribution in [2.75, 3.05) is 32.8 Å². The lowest BCUT2D eigenvalue weighted by Crippen LogP contribution is -2.28. The molecule has 0 aliphatic rings. The fourth-order valence-corrected chi connectivity index (χ4v) is 6.88. The SMILES string of the molecule is CCCCCC(CCCCC)CCOC(=O)CCCCCCCN(CCCN)CCCCCCCC(=O)OC(CCCCC)CCCCC. The fourth-order valence-electron chi connectivity index (χ4n) is 6.88. The number of nitrogens with two attached hydrogens (primary N) is 1. The molecule has 6 heteroatoms. The van der Waals surface area contributed by atoms with Gasteiger partial charge in [-0.2, -0.15) is 0 Å². The fraction of sp³-hybridized carbons (Fsp3) is 0.953. The number of nitrogens with zero attached hydrogens (tertiary/aromatic N) is 1. The molecule has 49 heavy (non-hydrogen) atoms. The van der Waals surface area contributed by atoms with E-state index in [4.69, 9.17) is 15.2 Å². The summed E-state index contributed by atoms with van der Waals surface area (Å²) in [6, 6.07) is 0. The number of unbranched alkanes of at least 4 members (excludes halogenated alkanes) is 16. The molecule has 292 valence electrons. The number of carbonyl (C=O) groups is 2. The van der Waals surface area contributed by atoms with Crippen LogP contribution in [-0.4, -0.2) is 55.7 Å². The highest BCUT2D eigenvalue weighted by molar-refractivity contribution is 5.69. The summed E-state index contributed by atoms with van der Waals surface area (Å²) in [5.41, 5.74) is 5.83. The van der Waals surface area contributed by atoms with Gasteiger partial charge < -0.3 is 20.1 Å². The average Bonchev–Trinajstić information content (AvgIpc) is 3.09. The lowest BCUT2D eigenvalue weighted by atomic mass is 9.92. The molecule has 0 rings (SSSR count). The minimum absolute atomic E-state index is 0.00184. The van der Waals surface area contributed by atoms with Crippen LogP contribution in [0.2, 0.25) is 0 Å². The standard InChI is InChI=1S/C43H86N2O4/c1-5-9-19-28-40(29-20-10-6-2)34-39-48-42(46)32-23-15-13-17-25-36-45(38-27-35-44)37-26-18-14-16-24-33-43(47)49-41(30-21-11-7-3)31-22-12-8-4/h40-41H,5-39,44H2,1-4H3. The molecular weight excluding hydrogens is 608 g/mol. The van der Waals surface area contributed by atoms with E-state index in [-0.39, 0.29) is 18.0 Å². The largest absolute Gasteiger partial charge is 0.466 e. The Morgan fingerprint density at radius 2 is 0.918 bits per heavy atom.